The maximum atomic E-state index is 9.39. The van der Waals surface area contributed by atoms with Gasteiger partial charge in [-0.15, -0.1) is 0 Å². The molecule has 5 nitrogen and oxygen atoms in total. The van der Waals surface area contributed by atoms with E-state index in [1.807, 2.05) is 48.7 Å². The fourth-order valence-corrected chi connectivity index (χ4v) is 2.95. The van der Waals surface area contributed by atoms with Gasteiger partial charge in [0.05, 0.1) is 6.54 Å². The van der Waals surface area contributed by atoms with Gasteiger partial charge in [0.2, 0.25) is 5.76 Å². The molecule has 2 aromatic heterocycles. The van der Waals surface area contributed by atoms with Crippen LogP contribution in [0.5, 0.6) is 5.75 Å². The Bertz CT molecular complexity index is 1130. The standard InChI is InChI=1S/C23H19N3O2/c1-2-23-24-13-14-26(23)16-20-15-22(28-25-20)12-5-17-3-6-18(7-4-17)19-8-10-21(27)11-9-19/h3-4,6-11,13-15,27H,2,16H2,1H3. The number of aromatic hydroxyl groups is 1. The minimum absolute atomic E-state index is 0.261. The predicted molar refractivity (Wildman–Crippen MR) is 107 cm³/mol. The average molecular weight is 369 g/mol. The van der Waals surface area contributed by atoms with Crippen molar-refractivity contribution in [3.8, 4) is 28.7 Å². The van der Waals surface area contributed by atoms with E-state index in [2.05, 4.69) is 33.5 Å². The smallest absolute Gasteiger partial charge is 0.210 e. The van der Waals surface area contributed by atoms with Crippen LogP contribution in [-0.4, -0.2) is 19.8 Å². The van der Waals surface area contributed by atoms with E-state index in [1.165, 1.54) is 0 Å². The summed E-state index contributed by atoms with van der Waals surface area (Å²) in [7, 11) is 0. The largest absolute Gasteiger partial charge is 0.508 e. The molecule has 28 heavy (non-hydrogen) atoms. The first-order valence-electron chi connectivity index (χ1n) is 9.08. The lowest BCUT2D eigenvalue weighted by atomic mass is 10.0. The molecule has 0 bridgehead atoms. The van der Waals surface area contributed by atoms with E-state index in [0.29, 0.717) is 12.3 Å². The second kappa shape index (κ2) is 7.85. The lowest BCUT2D eigenvalue weighted by molar-refractivity contribution is 0.401. The Morgan fingerprint density at radius 3 is 2.43 bits per heavy atom. The Hall–Kier alpha value is -3.78. The monoisotopic (exact) mass is 369 g/mol. The average Bonchev–Trinajstić information content (AvgIpc) is 3.37. The van der Waals surface area contributed by atoms with Gasteiger partial charge in [0.1, 0.15) is 17.3 Å². The molecule has 0 radical (unpaired) electrons. The third-order valence-corrected chi connectivity index (χ3v) is 4.42. The number of phenolic OH excluding ortho intramolecular Hbond substituents is 1. The number of nitrogens with zero attached hydrogens (tertiary/aromatic N) is 3. The molecule has 2 heterocycles. The molecule has 4 rings (SSSR count). The zero-order valence-electron chi connectivity index (χ0n) is 15.5. The first-order chi connectivity index (χ1) is 13.7. The molecule has 4 aromatic rings. The van der Waals surface area contributed by atoms with E-state index < -0.39 is 0 Å². The van der Waals surface area contributed by atoms with E-state index >= 15 is 0 Å². The molecule has 0 saturated carbocycles. The summed E-state index contributed by atoms with van der Waals surface area (Å²) in [5.41, 5.74) is 3.82. The zero-order chi connectivity index (χ0) is 19.3. The Labute approximate surface area is 163 Å². The van der Waals surface area contributed by atoms with Crippen LogP contribution >= 0.6 is 0 Å². The fraction of sp³-hybridized carbons (Fsp3) is 0.130. The van der Waals surface area contributed by atoms with Crippen molar-refractivity contribution in [2.45, 2.75) is 19.9 Å². The first kappa shape index (κ1) is 17.6. The summed E-state index contributed by atoms with van der Waals surface area (Å²) in [6.07, 6.45) is 4.60. The highest BCUT2D eigenvalue weighted by Gasteiger charge is 2.06. The third-order valence-electron chi connectivity index (χ3n) is 4.42. The van der Waals surface area contributed by atoms with Crippen molar-refractivity contribution < 1.29 is 9.63 Å². The molecule has 5 heteroatoms. The number of benzene rings is 2. The summed E-state index contributed by atoms with van der Waals surface area (Å²) in [5.74, 6) is 7.94. The molecule has 138 valence electrons. The van der Waals surface area contributed by atoms with Crippen LogP contribution in [0.3, 0.4) is 0 Å². The van der Waals surface area contributed by atoms with Gasteiger partial charge in [-0.3, -0.25) is 0 Å². The normalized spacial score (nSPS) is 10.5. The van der Waals surface area contributed by atoms with Crippen LogP contribution in [0.15, 0.2) is 71.5 Å². The van der Waals surface area contributed by atoms with E-state index in [-0.39, 0.29) is 5.75 Å². The highest BCUT2D eigenvalue weighted by molar-refractivity contribution is 5.65. The summed E-state index contributed by atoms with van der Waals surface area (Å²) in [5, 5.41) is 13.5. The highest BCUT2D eigenvalue weighted by Crippen LogP contribution is 2.22. The summed E-state index contributed by atoms with van der Waals surface area (Å²) in [4.78, 5) is 4.31. The van der Waals surface area contributed by atoms with Crippen molar-refractivity contribution in [3.05, 3.63) is 89.8 Å². The second-order valence-electron chi connectivity index (χ2n) is 6.38. The van der Waals surface area contributed by atoms with Crippen LogP contribution in [0.25, 0.3) is 11.1 Å². The fourth-order valence-electron chi connectivity index (χ4n) is 2.95. The third kappa shape index (κ3) is 3.97. The quantitative estimate of drug-likeness (QED) is 0.546. The summed E-state index contributed by atoms with van der Waals surface area (Å²) >= 11 is 0. The number of phenols is 1. The Morgan fingerprint density at radius 1 is 1.00 bits per heavy atom. The number of hydrogen-bond donors (Lipinski definition) is 1. The molecule has 0 spiro atoms. The minimum atomic E-state index is 0.261. The Morgan fingerprint density at radius 2 is 1.71 bits per heavy atom. The molecule has 0 atom stereocenters. The van der Waals surface area contributed by atoms with Gasteiger partial charge in [-0.1, -0.05) is 42.3 Å². The molecule has 0 aliphatic carbocycles. The molecule has 0 aliphatic heterocycles. The number of aryl methyl sites for hydroxylation is 1. The van der Waals surface area contributed by atoms with E-state index in [4.69, 9.17) is 4.52 Å². The van der Waals surface area contributed by atoms with Gasteiger partial charge >= 0.3 is 0 Å². The van der Waals surface area contributed by atoms with Crippen molar-refractivity contribution in [3.63, 3.8) is 0 Å². The van der Waals surface area contributed by atoms with E-state index in [0.717, 1.165) is 34.6 Å². The van der Waals surface area contributed by atoms with Crippen molar-refractivity contribution in [1.29, 1.82) is 0 Å². The van der Waals surface area contributed by atoms with Gasteiger partial charge in [0, 0.05) is 30.4 Å². The minimum Gasteiger partial charge on any atom is -0.508 e. The lowest BCUT2D eigenvalue weighted by Gasteiger charge is -2.02. The van der Waals surface area contributed by atoms with Crippen LogP contribution in [0.1, 0.15) is 29.8 Å². The molecule has 1 N–H and O–H groups in total. The first-order valence-corrected chi connectivity index (χ1v) is 9.08. The molecule has 0 amide bonds. The van der Waals surface area contributed by atoms with Crippen LogP contribution in [-0.2, 0) is 13.0 Å². The summed E-state index contributed by atoms with van der Waals surface area (Å²) in [6.45, 7) is 2.70. The molecule has 0 fully saturated rings. The highest BCUT2D eigenvalue weighted by atomic mass is 16.5. The predicted octanol–water partition coefficient (Wildman–Crippen LogP) is 4.25. The lowest BCUT2D eigenvalue weighted by Crippen LogP contribution is -2.03. The van der Waals surface area contributed by atoms with Gasteiger partial charge in [0.25, 0.3) is 0 Å². The zero-order valence-corrected chi connectivity index (χ0v) is 15.5. The van der Waals surface area contributed by atoms with Gasteiger partial charge in [-0.25, -0.2) is 4.98 Å². The van der Waals surface area contributed by atoms with Crippen LogP contribution in [0.2, 0.25) is 0 Å². The second-order valence-corrected chi connectivity index (χ2v) is 6.38. The molecule has 0 unspecified atom stereocenters. The number of aromatic nitrogens is 3. The van der Waals surface area contributed by atoms with Gasteiger partial charge in [0.15, 0.2) is 0 Å². The summed E-state index contributed by atoms with van der Waals surface area (Å²) < 4.78 is 7.38. The number of imidazole rings is 1. The van der Waals surface area contributed by atoms with Crippen molar-refractivity contribution in [1.82, 2.24) is 14.7 Å². The molecule has 0 saturated heterocycles. The Kier molecular flexibility index (Phi) is 4.94. The maximum Gasteiger partial charge on any atom is 0.210 e. The molecule has 0 aliphatic rings. The number of rotatable bonds is 4. The van der Waals surface area contributed by atoms with Crippen LogP contribution < -0.4 is 0 Å². The SMILES string of the molecule is CCc1nccn1Cc1cc(C#Cc2ccc(-c3ccc(O)cc3)cc2)on1. The summed E-state index contributed by atoms with van der Waals surface area (Å²) in [6, 6.07) is 16.9. The molecule has 2 aromatic carbocycles. The van der Waals surface area contributed by atoms with Crippen molar-refractivity contribution in [2.75, 3.05) is 0 Å². The van der Waals surface area contributed by atoms with E-state index in [9.17, 15) is 5.11 Å². The molecular formula is C23H19N3O2. The maximum absolute atomic E-state index is 9.39. The van der Waals surface area contributed by atoms with Crippen LogP contribution in [0.4, 0.5) is 0 Å². The number of hydrogen-bond acceptors (Lipinski definition) is 4. The topological polar surface area (TPSA) is 64.1 Å². The van der Waals surface area contributed by atoms with Gasteiger partial charge < -0.3 is 14.2 Å². The van der Waals surface area contributed by atoms with Crippen molar-refractivity contribution in [2.24, 2.45) is 0 Å². The molecular weight excluding hydrogens is 350 g/mol. The van der Waals surface area contributed by atoms with Crippen molar-refractivity contribution >= 4 is 0 Å². The van der Waals surface area contributed by atoms with Crippen LogP contribution in [0, 0.1) is 11.8 Å². The van der Waals surface area contributed by atoms with Gasteiger partial charge in [-0.05, 0) is 41.3 Å². The Balaban J connectivity index is 1.45. The van der Waals surface area contributed by atoms with Gasteiger partial charge in [-0.2, -0.15) is 0 Å². The van der Waals surface area contributed by atoms with E-state index in [1.54, 1.807) is 18.3 Å².